The van der Waals surface area contributed by atoms with E-state index in [4.69, 9.17) is 0 Å². The van der Waals surface area contributed by atoms with Crippen molar-refractivity contribution < 1.29 is 9.90 Å². The molecule has 0 aliphatic heterocycles. The lowest BCUT2D eigenvalue weighted by atomic mass is 9.54. The summed E-state index contributed by atoms with van der Waals surface area (Å²) in [6.45, 7) is 2.25. The zero-order valence-corrected chi connectivity index (χ0v) is 17.4. The highest BCUT2D eigenvalue weighted by molar-refractivity contribution is 5.87. The molecule has 3 aliphatic rings. The third-order valence-electron chi connectivity index (χ3n) is 8.47. The van der Waals surface area contributed by atoms with Gasteiger partial charge >= 0.3 is 0 Å². The molecular formula is C27H32O2. The summed E-state index contributed by atoms with van der Waals surface area (Å²) >= 11 is 0. The highest BCUT2D eigenvalue weighted by Gasteiger charge is 2.55. The molecule has 0 saturated heterocycles. The number of carbonyl (C=O) groups is 1. The topological polar surface area (TPSA) is 37.3 Å². The van der Waals surface area contributed by atoms with E-state index in [1.165, 1.54) is 29.5 Å². The molecule has 0 spiro atoms. The maximum Gasteiger partial charge on any atom is 0.139 e. The SMILES string of the molecule is C[C@]12CC[C@@H]3c4ccc(O)cc4[C@@H](CCCc4ccccc4)C[C@H]3[C@@H]1CCC2=O. The quantitative estimate of drug-likeness (QED) is 0.660. The molecule has 1 N–H and O–H groups in total. The van der Waals surface area contributed by atoms with E-state index in [1.54, 1.807) is 0 Å². The van der Waals surface area contributed by atoms with Crippen LogP contribution in [0.4, 0.5) is 0 Å². The van der Waals surface area contributed by atoms with Crippen LogP contribution in [0, 0.1) is 17.3 Å². The van der Waals surface area contributed by atoms with Crippen LogP contribution >= 0.6 is 0 Å². The van der Waals surface area contributed by atoms with E-state index < -0.39 is 0 Å². The lowest BCUT2D eigenvalue weighted by Gasteiger charge is -2.50. The van der Waals surface area contributed by atoms with Crippen molar-refractivity contribution in [2.75, 3.05) is 0 Å². The number of ketones is 1. The summed E-state index contributed by atoms with van der Waals surface area (Å²) in [4.78, 5) is 12.7. The van der Waals surface area contributed by atoms with E-state index in [2.05, 4.69) is 43.3 Å². The molecule has 152 valence electrons. The Morgan fingerprint density at radius 1 is 1.07 bits per heavy atom. The zero-order chi connectivity index (χ0) is 20.0. The van der Waals surface area contributed by atoms with Gasteiger partial charge < -0.3 is 5.11 Å². The fourth-order valence-electron chi connectivity index (χ4n) is 6.95. The van der Waals surface area contributed by atoms with Crippen molar-refractivity contribution in [1.29, 1.82) is 0 Å². The van der Waals surface area contributed by atoms with Crippen LogP contribution in [-0.2, 0) is 11.2 Å². The van der Waals surface area contributed by atoms with E-state index in [0.29, 0.717) is 35.2 Å². The normalized spacial score (nSPS) is 33.1. The van der Waals surface area contributed by atoms with Gasteiger partial charge in [-0.2, -0.15) is 0 Å². The molecule has 0 bridgehead atoms. The Morgan fingerprint density at radius 2 is 1.90 bits per heavy atom. The third kappa shape index (κ3) is 3.21. The van der Waals surface area contributed by atoms with Gasteiger partial charge in [0, 0.05) is 11.8 Å². The molecule has 2 heteroatoms. The third-order valence-corrected chi connectivity index (χ3v) is 8.47. The second kappa shape index (κ2) is 7.31. The highest BCUT2D eigenvalue weighted by atomic mass is 16.3. The van der Waals surface area contributed by atoms with Gasteiger partial charge in [-0.05, 0) is 97.4 Å². The van der Waals surface area contributed by atoms with Crippen molar-refractivity contribution >= 4 is 5.78 Å². The molecule has 0 amide bonds. The highest BCUT2D eigenvalue weighted by Crippen LogP contribution is 2.61. The predicted molar refractivity (Wildman–Crippen MR) is 116 cm³/mol. The van der Waals surface area contributed by atoms with E-state index >= 15 is 0 Å². The lowest BCUT2D eigenvalue weighted by molar-refractivity contribution is -0.129. The Balaban J connectivity index is 1.41. The largest absolute Gasteiger partial charge is 0.508 e. The van der Waals surface area contributed by atoms with Crippen molar-refractivity contribution in [2.45, 2.75) is 70.1 Å². The van der Waals surface area contributed by atoms with E-state index in [-0.39, 0.29) is 5.41 Å². The minimum Gasteiger partial charge on any atom is -0.508 e. The van der Waals surface area contributed by atoms with Gasteiger partial charge in [0.05, 0.1) is 0 Å². The van der Waals surface area contributed by atoms with E-state index in [0.717, 1.165) is 38.5 Å². The van der Waals surface area contributed by atoms with Gasteiger partial charge in [0.25, 0.3) is 0 Å². The second-order valence-corrected chi connectivity index (χ2v) is 9.92. The monoisotopic (exact) mass is 388 g/mol. The number of aromatic hydroxyl groups is 1. The van der Waals surface area contributed by atoms with Gasteiger partial charge in [0.2, 0.25) is 0 Å². The molecule has 5 rings (SSSR count). The number of hydrogen-bond donors (Lipinski definition) is 1. The van der Waals surface area contributed by atoms with Crippen LogP contribution in [0.3, 0.4) is 0 Å². The van der Waals surface area contributed by atoms with Crippen LogP contribution < -0.4 is 0 Å². The van der Waals surface area contributed by atoms with Crippen LogP contribution in [0.1, 0.15) is 80.4 Å². The van der Waals surface area contributed by atoms with Gasteiger partial charge in [-0.25, -0.2) is 0 Å². The molecular weight excluding hydrogens is 356 g/mol. The Morgan fingerprint density at radius 3 is 2.72 bits per heavy atom. The molecule has 2 nitrogen and oxygen atoms in total. The molecule has 0 aromatic heterocycles. The average Bonchev–Trinajstić information content (AvgIpc) is 3.04. The first-order valence-corrected chi connectivity index (χ1v) is 11.5. The van der Waals surface area contributed by atoms with E-state index in [1.807, 2.05) is 12.1 Å². The maximum atomic E-state index is 12.7. The molecule has 0 heterocycles. The number of carbonyl (C=O) groups excluding carboxylic acids is 1. The minimum atomic E-state index is -0.0792. The van der Waals surface area contributed by atoms with Crippen molar-refractivity contribution in [3.8, 4) is 5.75 Å². The summed E-state index contributed by atoms with van der Waals surface area (Å²) in [5, 5.41) is 10.2. The summed E-state index contributed by atoms with van der Waals surface area (Å²) in [5.41, 5.74) is 4.17. The fourth-order valence-corrected chi connectivity index (χ4v) is 6.95. The molecule has 2 aromatic rings. The van der Waals surface area contributed by atoms with Gasteiger partial charge in [0.1, 0.15) is 11.5 Å². The predicted octanol–water partition coefficient (Wildman–Crippen LogP) is 6.38. The number of aryl methyl sites for hydroxylation is 1. The molecule has 0 unspecified atom stereocenters. The van der Waals surface area contributed by atoms with Gasteiger partial charge in [-0.3, -0.25) is 4.79 Å². The number of phenolic OH excluding ortho intramolecular Hbond substituents is 1. The first-order valence-electron chi connectivity index (χ1n) is 11.5. The maximum absolute atomic E-state index is 12.7. The minimum absolute atomic E-state index is 0.0792. The standard InChI is InChI=1S/C27H32O2/c1-27-15-14-22-21-11-10-20(28)17-23(21)19(9-5-8-18-6-3-2-4-7-18)16-24(22)25(27)12-13-26(27)29/h2-4,6-7,10-11,17,19,22,24-25,28H,5,8-9,12-16H2,1H3/t19-,22+,24+,25-,27-/m0/s1. The first-order chi connectivity index (χ1) is 14.1. The number of fused-ring (bicyclic) bond motifs is 5. The van der Waals surface area contributed by atoms with Gasteiger partial charge in [-0.15, -0.1) is 0 Å². The Labute approximate surface area is 174 Å². The second-order valence-electron chi connectivity index (χ2n) is 9.92. The molecule has 0 radical (unpaired) electrons. The first kappa shape index (κ1) is 18.9. The summed E-state index contributed by atoms with van der Waals surface area (Å²) in [5.74, 6) is 3.15. The number of hydrogen-bond acceptors (Lipinski definition) is 2. The molecule has 2 fully saturated rings. The number of Topliss-reactive ketones (excluding diaryl/α,β-unsaturated/α-hetero) is 1. The van der Waals surface area contributed by atoms with Crippen LogP contribution in [0.25, 0.3) is 0 Å². The van der Waals surface area contributed by atoms with Crippen LogP contribution in [0.2, 0.25) is 0 Å². The van der Waals surface area contributed by atoms with Crippen LogP contribution in [0.5, 0.6) is 5.75 Å². The molecule has 2 aromatic carbocycles. The summed E-state index contributed by atoms with van der Waals surface area (Å²) in [7, 11) is 0. The number of phenols is 1. The lowest BCUT2D eigenvalue weighted by Crippen LogP contribution is -2.43. The molecule has 2 saturated carbocycles. The smallest absolute Gasteiger partial charge is 0.139 e. The van der Waals surface area contributed by atoms with Crippen LogP contribution in [-0.4, -0.2) is 10.9 Å². The Hall–Kier alpha value is -2.09. The van der Waals surface area contributed by atoms with E-state index in [9.17, 15) is 9.90 Å². The summed E-state index contributed by atoms with van der Waals surface area (Å²) < 4.78 is 0. The molecule has 5 atom stereocenters. The average molecular weight is 389 g/mol. The zero-order valence-electron chi connectivity index (χ0n) is 17.4. The summed E-state index contributed by atoms with van der Waals surface area (Å²) in [6.07, 6.45) is 8.65. The Bertz CT molecular complexity index is 902. The van der Waals surface area contributed by atoms with Crippen molar-refractivity contribution in [3.05, 3.63) is 65.2 Å². The number of benzene rings is 2. The van der Waals surface area contributed by atoms with Gasteiger partial charge in [-0.1, -0.05) is 43.3 Å². The molecule has 29 heavy (non-hydrogen) atoms. The summed E-state index contributed by atoms with van der Waals surface area (Å²) in [6, 6.07) is 16.8. The van der Waals surface area contributed by atoms with Crippen LogP contribution in [0.15, 0.2) is 48.5 Å². The van der Waals surface area contributed by atoms with Gasteiger partial charge in [0.15, 0.2) is 0 Å². The van der Waals surface area contributed by atoms with Crippen molar-refractivity contribution in [3.63, 3.8) is 0 Å². The van der Waals surface area contributed by atoms with Crippen molar-refractivity contribution in [2.24, 2.45) is 17.3 Å². The molecule has 3 aliphatic carbocycles. The fraction of sp³-hybridized carbons (Fsp3) is 0.519. The van der Waals surface area contributed by atoms with Crippen molar-refractivity contribution in [1.82, 2.24) is 0 Å². The number of rotatable bonds is 4. The Kier molecular flexibility index (Phi) is 4.76.